The first kappa shape index (κ1) is 21.1. The fourth-order valence-corrected chi connectivity index (χ4v) is 3.48. The molecule has 0 saturated carbocycles. The van der Waals surface area contributed by atoms with Crippen molar-refractivity contribution in [3.8, 4) is 0 Å². The van der Waals surface area contributed by atoms with Gasteiger partial charge < -0.3 is 9.47 Å². The first-order valence-corrected chi connectivity index (χ1v) is 9.69. The number of carbonyl (C=O) groups excluding carboxylic acids is 2. The number of rotatable bonds is 7. The quantitative estimate of drug-likeness (QED) is 0.420. The molecule has 0 spiro atoms. The van der Waals surface area contributed by atoms with Crippen LogP contribution in [0.1, 0.15) is 22.6 Å². The number of ether oxygens (including phenoxy) is 2. The number of hydrogen-bond donors (Lipinski definition) is 0. The molecule has 0 aliphatic rings. The van der Waals surface area contributed by atoms with E-state index in [1.54, 1.807) is 0 Å². The third kappa shape index (κ3) is 4.84. The molecule has 0 aliphatic carbocycles. The zero-order chi connectivity index (χ0) is 21.3. The number of methoxy groups -OCH3 is 2. The van der Waals surface area contributed by atoms with Gasteiger partial charge in [0, 0.05) is 5.92 Å². The van der Waals surface area contributed by atoms with Crippen molar-refractivity contribution in [2.24, 2.45) is 5.92 Å². The summed E-state index contributed by atoms with van der Waals surface area (Å²) in [4.78, 5) is 25.3. The van der Waals surface area contributed by atoms with Gasteiger partial charge in [0.15, 0.2) is 5.92 Å². The Morgan fingerprint density at radius 3 is 1.47 bits per heavy atom. The monoisotopic (exact) mass is 400 g/mol. The molecule has 0 radical (unpaired) electrons. The molecule has 0 aromatic heterocycles. The Labute approximate surface area is 176 Å². The lowest BCUT2D eigenvalue weighted by atomic mass is 9.82. The van der Waals surface area contributed by atoms with Gasteiger partial charge in [-0.2, -0.15) is 0 Å². The van der Waals surface area contributed by atoms with Gasteiger partial charge in [-0.25, -0.2) is 0 Å². The van der Waals surface area contributed by atoms with Crippen LogP contribution in [0.2, 0.25) is 0 Å². The van der Waals surface area contributed by atoms with Gasteiger partial charge >= 0.3 is 11.9 Å². The molecule has 1 atom stereocenters. The second-order valence-corrected chi connectivity index (χ2v) is 6.77. The average Bonchev–Trinajstić information content (AvgIpc) is 2.82. The maximum atomic E-state index is 12.6. The minimum absolute atomic E-state index is 0.568. The third-order valence-electron chi connectivity index (χ3n) is 4.97. The maximum absolute atomic E-state index is 12.6. The van der Waals surface area contributed by atoms with E-state index in [0.717, 1.165) is 22.3 Å². The molecule has 0 N–H and O–H groups in total. The minimum Gasteiger partial charge on any atom is -0.468 e. The molecule has 0 heterocycles. The van der Waals surface area contributed by atoms with Crippen LogP contribution >= 0.6 is 0 Å². The molecule has 0 unspecified atom stereocenters. The van der Waals surface area contributed by atoms with E-state index < -0.39 is 23.8 Å². The summed E-state index contributed by atoms with van der Waals surface area (Å²) in [6.07, 6.45) is 1.96. The fourth-order valence-electron chi connectivity index (χ4n) is 3.48. The van der Waals surface area contributed by atoms with Gasteiger partial charge in [0.1, 0.15) is 0 Å². The van der Waals surface area contributed by atoms with Crippen molar-refractivity contribution >= 4 is 17.5 Å². The Kier molecular flexibility index (Phi) is 7.17. The van der Waals surface area contributed by atoms with Gasteiger partial charge in [0.05, 0.1) is 14.2 Å². The number of allylic oxidation sites excluding steroid dienone is 1. The van der Waals surface area contributed by atoms with Gasteiger partial charge in [0.2, 0.25) is 0 Å². The first-order chi connectivity index (χ1) is 14.7. The van der Waals surface area contributed by atoms with E-state index in [1.807, 2.05) is 97.1 Å². The smallest absolute Gasteiger partial charge is 0.321 e. The molecule has 4 heteroatoms. The molecule has 152 valence electrons. The van der Waals surface area contributed by atoms with Crippen LogP contribution in [-0.4, -0.2) is 26.2 Å². The second kappa shape index (κ2) is 10.2. The standard InChI is InChI=1S/C26H24O4/c1-29-25(27)24(26(28)30-2)23(21-16-10-5-11-17-21)18-22(19-12-6-3-7-13-19)20-14-8-4-9-15-20/h3-18,23-24H,1-2H3/t23-/m1/s1. The van der Waals surface area contributed by atoms with Gasteiger partial charge in [-0.15, -0.1) is 0 Å². The highest BCUT2D eigenvalue weighted by molar-refractivity contribution is 5.97. The van der Waals surface area contributed by atoms with Gasteiger partial charge in [-0.1, -0.05) is 97.1 Å². The number of benzene rings is 3. The summed E-state index contributed by atoms with van der Waals surface area (Å²) in [7, 11) is 2.55. The predicted molar refractivity (Wildman–Crippen MR) is 117 cm³/mol. The highest BCUT2D eigenvalue weighted by atomic mass is 16.5. The Morgan fingerprint density at radius 1 is 0.667 bits per heavy atom. The number of esters is 2. The minimum atomic E-state index is -1.12. The molecular weight excluding hydrogens is 376 g/mol. The molecule has 4 nitrogen and oxygen atoms in total. The Hall–Kier alpha value is -3.66. The normalized spacial score (nSPS) is 11.4. The van der Waals surface area contributed by atoms with E-state index in [0.29, 0.717) is 0 Å². The molecule has 0 aliphatic heterocycles. The van der Waals surface area contributed by atoms with Crippen molar-refractivity contribution in [2.45, 2.75) is 5.92 Å². The highest BCUT2D eigenvalue weighted by Gasteiger charge is 2.37. The molecule has 0 bridgehead atoms. The maximum Gasteiger partial charge on any atom is 0.321 e. The molecule has 3 aromatic rings. The van der Waals surface area contributed by atoms with Crippen LogP contribution in [-0.2, 0) is 19.1 Å². The van der Waals surface area contributed by atoms with Crippen molar-refractivity contribution in [1.82, 2.24) is 0 Å². The largest absolute Gasteiger partial charge is 0.468 e. The first-order valence-electron chi connectivity index (χ1n) is 9.69. The van der Waals surface area contributed by atoms with Crippen LogP contribution in [0.5, 0.6) is 0 Å². The molecular formula is C26H24O4. The Morgan fingerprint density at radius 2 is 1.07 bits per heavy atom. The predicted octanol–water partition coefficient (Wildman–Crippen LogP) is 4.86. The summed E-state index contributed by atoms with van der Waals surface area (Å²) in [5, 5.41) is 0. The summed E-state index contributed by atoms with van der Waals surface area (Å²) in [5.74, 6) is -2.95. The molecule has 30 heavy (non-hydrogen) atoms. The van der Waals surface area contributed by atoms with Gasteiger partial charge in [0.25, 0.3) is 0 Å². The topological polar surface area (TPSA) is 52.6 Å². The molecule has 0 amide bonds. The molecule has 0 fully saturated rings. The summed E-state index contributed by atoms with van der Waals surface area (Å²) >= 11 is 0. The van der Waals surface area contributed by atoms with Crippen molar-refractivity contribution < 1.29 is 19.1 Å². The van der Waals surface area contributed by atoms with Crippen molar-refractivity contribution in [3.63, 3.8) is 0 Å². The van der Waals surface area contributed by atoms with E-state index in [9.17, 15) is 9.59 Å². The van der Waals surface area contributed by atoms with Crippen LogP contribution in [0.4, 0.5) is 0 Å². The van der Waals surface area contributed by atoms with E-state index in [4.69, 9.17) is 9.47 Å². The van der Waals surface area contributed by atoms with E-state index in [1.165, 1.54) is 14.2 Å². The zero-order valence-electron chi connectivity index (χ0n) is 17.0. The highest BCUT2D eigenvalue weighted by Crippen LogP contribution is 2.34. The summed E-state index contributed by atoms with van der Waals surface area (Å²) in [6, 6.07) is 29.2. The summed E-state index contributed by atoms with van der Waals surface area (Å²) in [6.45, 7) is 0. The lowest BCUT2D eigenvalue weighted by Gasteiger charge is -2.23. The molecule has 0 saturated heterocycles. The van der Waals surface area contributed by atoms with Crippen LogP contribution in [0, 0.1) is 5.92 Å². The lowest BCUT2D eigenvalue weighted by Crippen LogP contribution is -2.31. The van der Waals surface area contributed by atoms with Crippen molar-refractivity contribution in [1.29, 1.82) is 0 Å². The molecule has 3 rings (SSSR count). The van der Waals surface area contributed by atoms with Crippen LogP contribution in [0.25, 0.3) is 5.57 Å². The van der Waals surface area contributed by atoms with E-state index >= 15 is 0 Å². The van der Waals surface area contributed by atoms with Crippen molar-refractivity contribution in [3.05, 3.63) is 114 Å². The van der Waals surface area contributed by atoms with E-state index in [2.05, 4.69) is 0 Å². The zero-order valence-corrected chi connectivity index (χ0v) is 17.0. The van der Waals surface area contributed by atoms with Gasteiger partial charge in [-0.3, -0.25) is 9.59 Å². The summed E-state index contributed by atoms with van der Waals surface area (Å²) < 4.78 is 9.92. The number of hydrogen-bond acceptors (Lipinski definition) is 4. The number of carbonyl (C=O) groups is 2. The van der Waals surface area contributed by atoms with Crippen LogP contribution < -0.4 is 0 Å². The second-order valence-electron chi connectivity index (χ2n) is 6.77. The Balaban J connectivity index is 2.23. The fraction of sp³-hybridized carbons (Fsp3) is 0.154. The van der Waals surface area contributed by atoms with E-state index in [-0.39, 0.29) is 0 Å². The molecule has 3 aromatic carbocycles. The third-order valence-corrected chi connectivity index (χ3v) is 4.97. The van der Waals surface area contributed by atoms with Crippen molar-refractivity contribution in [2.75, 3.05) is 14.2 Å². The SMILES string of the molecule is COC(=O)C(C(=O)OC)[C@H](C=C(c1ccccc1)c1ccccc1)c1ccccc1. The summed E-state index contributed by atoms with van der Waals surface area (Å²) in [5.41, 5.74) is 3.71. The van der Waals surface area contributed by atoms with Gasteiger partial charge in [-0.05, 0) is 22.3 Å². The average molecular weight is 400 g/mol. The van der Waals surface area contributed by atoms with Crippen LogP contribution in [0.15, 0.2) is 97.1 Å². The lowest BCUT2D eigenvalue weighted by molar-refractivity contribution is -0.159. The Bertz CT molecular complexity index is 937. The van der Waals surface area contributed by atoms with Crippen LogP contribution in [0.3, 0.4) is 0 Å².